The van der Waals surface area contributed by atoms with Gasteiger partial charge in [0.1, 0.15) is 47.5 Å². The molecule has 0 aromatic heterocycles. The molecule has 0 saturated heterocycles. The Hall–Kier alpha value is -20.5. The van der Waals surface area contributed by atoms with Crippen LogP contribution in [0.3, 0.4) is 0 Å². The van der Waals surface area contributed by atoms with Crippen molar-refractivity contribution in [1.29, 1.82) is 47.4 Å². The number of hydrogen-bond donors (Lipinski definition) is 0. The first kappa shape index (κ1) is 100. The minimum atomic E-state index is -2.02. The van der Waals surface area contributed by atoms with E-state index in [9.17, 15) is 135 Å². The number of hydrogen-bond acceptors (Lipinski definition) is 9. The molecule has 0 aliphatic rings. The Bertz CT molecular complexity index is 8570. The molecular formula is C100H33F20N17. The fraction of sp³-hybridized carbons (Fsp3) is 0.0300. The Labute approximate surface area is 758 Å². The van der Waals surface area contributed by atoms with Gasteiger partial charge in [0.2, 0.25) is 0 Å². The molecule has 12 rings (SSSR count). The maximum atomic E-state index is 15.0. The predicted octanol–water partition coefficient (Wildman–Crippen LogP) is 20.3. The lowest BCUT2D eigenvalue weighted by Gasteiger charge is -2.12. The molecular weight excluding hydrogens is 1820 g/mol. The molecule has 12 aromatic rings. The first-order valence-corrected chi connectivity index (χ1v) is 37.0. The van der Waals surface area contributed by atoms with E-state index >= 15 is 0 Å². The third kappa shape index (κ3) is 19.3. The largest absolute Gasteiger partial charge is 0.268 e. The van der Waals surface area contributed by atoms with Crippen molar-refractivity contribution in [3.8, 4) is 99.1 Å². The number of benzene rings is 12. The molecule has 0 spiro atoms. The third-order valence-electron chi connectivity index (χ3n) is 19.7. The number of nitriles is 9. The van der Waals surface area contributed by atoms with E-state index in [0.29, 0.717) is 5.56 Å². The van der Waals surface area contributed by atoms with Crippen molar-refractivity contribution in [2.75, 3.05) is 0 Å². The molecule has 12 aromatic carbocycles. The quantitative estimate of drug-likeness (QED) is 0.0796. The van der Waals surface area contributed by atoms with Crippen molar-refractivity contribution in [2.24, 2.45) is 0 Å². The van der Waals surface area contributed by atoms with Crippen molar-refractivity contribution >= 4 is 67.8 Å². The fourth-order valence-corrected chi connectivity index (χ4v) is 13.3. The first-order valence-electron chi connectivity index (χ1n) is 37.0. The topological polar surface area (TPSA) is 249 Å². The number of nitrogens with zero attached hydrogens (tertiary/aromatic N) is 17. The van der Waals surface area contributed by atoms with Crippen LogP contribution in [0.15, 0.2) is 146 Å². The summed E-state index contributed by atoms with van der Waals surface area (Å²) in [5, 5.41) is 84.2. The average Bonchev–Trinajstić information content (AvgIpc) is 0.766. The van der Waals surface area contributed by atoms with Gasteiger partial charge in [-0.05, 0) is 134 Å². The molecule has 658 valence electrons. The lowest BCUT2D eigenvalue weighted by Crippen LogP contribution is -2.18. The third-order valence-corrected chi connectivity index (χ3v) is 19.7. The normalized spacial score (nSPS) is 12.0. The molecule has 0 aliphatic carbocycles. The van der Waals surface area contributed by atoms with E-state index in [2.05, 4.69) is 38.8 Å². The van der Waals surface area contributed by atoms with E-state index in [1.807, 2.05) is 0 Å². The average molecular weight is 1850 g/mol. The highest BCUT2D eigenvalue weighted by Gasteiger charge is 2.34. The summed E-state index contributed by atoms with van der Waals surface area (Å²) in [6.07, 6.45) is 0. The van der Waals surface area contributed by atoms with E-state index in [-0.39, 0.29) is 120 Å². The maximum absolute atomic E-state index is 15.0. The Kier molecular flexibility index (Phi) is 31.2. The van der Waals surface area contributed by atoms with Gasteiger partial charge in [-0.3, -0.25) is 0 Å². The van der Waals surface area contributed by atoms with Crippen LogP contribution in [0.4, 0.5) is 111 Å². The standard InChI is InChI=1S/C25H6F5N5.3C25H9F5N4/c1-34-19(11-33)12-4-6-15(17(7-12)16-8-14(26)5-3-13(16)9-31)18(10-32)20-21(27)23(29)25(35-2)24(30)22(20)28;1-12-8-13(5-7-18(12)26)16-9-14(19(11-32)33-2)4-6-15(16)17(10-31)20-21(27)23(29)25(34-3)24(30)22(20)28;1-12-6-14(8-15(26)7-12)17-9-13(19(11-32)33-2)4-5-16(17)18(10-31)20-21(27)23(29)25(34-3)24(30)22(20)28;1-12-5-4-6-15(20(12)26)16-9-13(18(11-32)33-2)7-8-14(16)17(10-31)19-21(27)23(29)25(34-3)24(30)22(19)28/h3-8H;3*4-9H,1H3/b18-15+,19-12+;17-15+,19-14+;18-16+,19-13+;17-14+,18-13+. The van der Waals surface area contributed by atoms with E-state index in [1.165, 1.54) is 105 Å². The summed E-state index contributed by atoms with van der Waals surface area (Å²) in [5.41, 5.74) is -16.2. The molecule has 0 amide bonds. The zero-order valence-corrected chi connectivity index (χ0v) is 68.5. The van der Waals surface area contributed by atoms with E-state index in [0.717, 1.165) is 72.8 Å². The van der Waals surface area contributed by atoms with Gasteiger partial charge >= 0.3 is 0 Å². The van der Waals surface area contributed by atoms with Crippen molar-refractivity contribution < 1.29 is 87.8 Å². The van der Waals surface area contributed by atoms with Gasteiger partial charge in [-0.2, -0.15) is 26.3 Å². The van der Waals surface area contributed by atoms with Crippen LogP contribution < -0.4 is 41.7 Å². The lowest BCUT2D eigenvalue weighted by molar-refractivity contribution is 0.457. The molecule has 0 atom stereocenters. The van der Waals surface area contributed by atoms with E-state index in [4.69, 9.17) is 52.6 Å². The van der Waals surface area contributed by atoms with E-state index in [1.54, 1.807) is 43.3 Å². The summed E-state index contributed by atoms with van der Waals surface area (Å²) in [6.45, 7) is 59.9. The van der Waals surface area contributed by atoms with Crippen LogP contribution in [0, 0.1) is 292 Å². The van der Waals surface area contributed by atoms with Crippen LogP contribution in [0.2, 0.25) is 0 Å². The molecule has 0 aliphatic heterocycles. The maximum Gasteiger partial charge on any atom is 0.268 e. The summed E-state index contributed by atoms with van der Waals surface area (Å²) < 4.78 is 289. The van der Waals surface area contributed by atoms with Crippen LogP contribution >= 0.6 is 0 Å². The van der Waals surface area contributed by atoms with Crippen molar-refractivity contribution in [3.05, 3.63) is 440 Å². The van der Waals surface area contributed by atoms with Crippen LogP contribution in [0.5, 0.6) is 0 Å². The second kappa shape index (κ2) is 42.6. The van der Waals surface area contributed by atoms with Crippen LogP contribution in [-0.4, -0.2) is 0 Å². The molecule has 0 bridgehead atoms. The minimum absolute atomic E-state index is 0.0242. The zero-order valence-electron chi connectivity index (χ0n) is 68.5. The van der Waals surface area contributed by atoms with Gasteiger partial charge in [0.05, 0.1) is 133 Å². The Balaban J connectivity index is 0.000000205. The highest BCUT2D eigenvalue weighted by molar-refractivity contribution is 5.89. The molecule has 17 nitrogen and oxygen atoms in total. The van der Waals surface area contributed by atoms with Gasteiger partial charge in [0.25, 0.3) is 45.5 Å². The molecule has 137 heavy (non-hydrogen) atoms. The SMILES string of the molecule is [C-]#[N+]/C(C#N)=c1\cc/c(=C(/C#N)c2c(F)c(F)c([N+]#[C-])c(F)c2F)c(-c2cc(C)cc(F)c2)c1.[C-]#[N+]/C(C#N)=c1\cc/c(=C(/C#N)c2c(F)c(F)c([N+]#[C-])c(F)c2F)c(-c2cc(F)ccc2C#N)c1.[C-]#[N+]/C(C#N)=c1\cc/c(=C(/C#N)c2c(F)c(F)c([N+]#[C-])c(F)c2F)c(-c2ccc(F)c(C)c2)c1.[C-]#[N+]/C(C#N)=c1\cc/c(=C(/C#N)c2c(F)c(F)c([N+]#[C-])c(F)c2F)c(-c2cccc(C)c2F)c1. The monoisotopic (exact) mass is 1850 g/mol. The zero-order chi connectivity index (χ0) is 101. The predicted molar refractivity (Wildman–Crippen MR) is 448 cm³/mol. The summed E-state index contributed by atoms with van der Waals surface area (Å²) in [7, 11) is 0. The van der Waals surface area contributed by atoms with Crippen molar-refractivity contribution in [1.82, 2.24) is 0 Å². The highest BCUT2D eigenvalue weighted by Crippen LogP contribution is 2.40. The second-order valence-electron chi connectivity index (χ2n) is 27.4. The summed E-state index contributed by atoms with van der Waals surface area (Å²) >= 11 is 0. The molecule has 0 fully saturated rings. The fourth-order valence-electron chi connectivity index (χ4n) is 13.3. The summed E-state index contributed by atoms with van der Waals surface area (Å²) in [6, 6.07) is 43.0. The Morgan fingerprint density at radius 3 is 0.839 bits per heavy atom. The molecule has 0 saturated carbocycles. The first-order chi connectivity index (χ1) is 65.3. The van der Waals surface area contributed by atoms with Gasteiger partial charge in [-0.1, -0.05) is 103 Å². The van der Waals surface area contributed by atoms with Crippen molar-refractivity contribution in [2.45, 2.75) is 20.8 Å². The van der Waals surface area contributed by atoms with Gasteiger partial charge in [-0.15, -0.1) is 0 Å². The number of halogens is 20. The summed E-state index contributed by atoms with van der Waals surface area (Å²) in [5.74, 6) is -34.4. The minimum Gasteiger partial charge on any atom is -0.232 e. The number of aryl methyl sites for hydroxylation is 3. The Morgan fingerprint density at radius 2 is 0.555 bits per heavy atom. The van der Waals surface area contributed by atoms with E-state index < -0.39 is 189 Å². The van der Waals surface area contributed by atoms with Crippen LogP contribution in [0.1, 0.15) is 44.5 Å². The van der Waals surface area contributed by atoms with Gasteiger partial charge < -0.3 is 0 Å². The van der Waals surface area contributed by atoms with Gasteiger partial charge in [0.15, 0.2) is 93.1 Å². The molecule has 0 heterocycles. The second-order valence-corrected chi connectivity index (χ2v) is 27.4. The Morgan fingerprint density at radius 1 is 0.248 bits per heavy atom. The highest BCUT2D eigenvalue weighted by atomic mass is 19.2. The van der Waals surface area contributed by atoms with Crippen LogP contribution in [0.25, 0.3) is 128 Å². The van der Waals surface area contributed by atoms with Gasteiger partial charge in [-0.25, -0.2) is 148 Å². The molecule has 37 heteroatoms. The van der Waals surface area contributed by atoms with Gasteiger partial charge in [0, 0.05) is 32.0 Å². The molecule has 0 unspecified atom stereocenters. The smallest absolute Gasteiger partial charge is 0.232 e. The molecule has 0 N–H and O–H groups in total. The summed E-state index contributed by atoms with van der Waals surface area (Å²) in [4.78, 5) is 22.1. The van der Waals surface area contributed by atoms with Crippen molar-refractivity contribution in [3.63, 3.8) is 0 Å². The van der Waals surface area contributed by atoms with Crippen LogP contribution in [-0.2, 0) is 0 Å². The molecule has 0 radical (unpaired) electrons. The lowest BCUT2D eigenvalue weighted by atomic mass is 9.92. The number of rotatable bonds is 8.